The van der Waals surface area contributed by atoms with E-state index in [0.717, 1.165) is 18.5 Å². The largest absolute Gasteiger partial charge is 0.491 e. The minimum atomic E-state index is -0.370. The van der Waals surface area contributed by atoms with Crippen LogP contribution in [-0.2, 0) is 0 Å². The van der Waals surface area contributed by atoms with Gasteiger partial charge in [-0.3, -0.25) is 10.1 Å². The third-order valence-electron chi connectivity index (χ3n) is 3.70. The van der Waals surface area contributed by atoms with Crippen LogP contribution in [0.2, 0.25) is 0 Å². The van der Waals surface area contributed by atoms with Crippen molar-refractivity contribution in [2.45, 2.75) is 64.5 Å². The van der Waals surface area contributed by atoms with Gasteiger partial charge in [-0.15, -0.1) is 0 Å². The lowest BCUT2D eigenvalue weighted by atomic mass is 10.1. The van der Waals surface area contributed by atoms with E-state index in [1.807, 2.05) is 19.9 Å². The van der Waals surface area contributed by atoms with Crippen LogP contribution in [0, 0.1) is 10.1 Å². The number of benzene rings is 1. The lowest BCUT2D eigenvalue weighted by molar-refractivity contribution is -0.384. The van der Waals surface area contributed by atoms with E-state index in [0.29, 0.717) is 11.8 Å². The van der Waals surface area contributed by atoms with Crippen molar-refractivity contribution in [2.24, 2.45) is 0 Å². The maximum atomic E-state index is 11.1. The fourth-order valence-electron chi connectivity index (χ4n) is 2.77. The number of nitro groups is 1. The van der Waals surface area contributed by atoms with Gasteiger partial charge >= 0.3 is 0 Å². The normalized spacial score (nSPS) is 16.5. The molecule has 1 fully saturated rings. The minimum absolute atomic E-state index is 0.00210. The Hall–Kier alpha value is -1.78. The number of anilines is 1. The molecule has 1 aromatic rings. The molecular weight excluding hydrogens is 268 g/mol. The van der Waals surface area contributed by atoms with E-state index >= 15 is 0 Å². The van der Waals surface area contributed by atoms with Gasteiger partial charge in [-0.25, -0.2) is 0 Å². The SMILES string of the molecule is CC(C)Oc1cc(NC2CCCCCC2)cc([N+](=O)[O-])c1. The maximum absolute atomic E-state index is 11.1. The van der Waals surface area contributed by atoms with Crippen LogP contribution in [0.1, 0.15) is 52.4 Å². The lowest BCUT2D eigenvalue weighted by Crippen LogP contribution is -2.18. The molecule has 0 saturated heterocycles. The molecule has 116 valence electrons. The highest BCUT2D eigenvalue weighted by Crippen LogP contribution is 2.29. The first-order chi connectivity index (χ1) is 10.0. The Morgan fingerprint density at radius 3 is 2.43 bits per heavy atom. The highest BCUT2D eigenvalue weighted by molar-refractivity contribution is 5.56. The molecule has 0 bridgehead atoms. The molecule has 1 saturated carbocycles. The van der Waals surface area contributed by atoms with Crippen LogP contribution in [-0.4, -0.2) is 17.1 Å². The summed E-state index contributed by atoms with van der Waals surface area (Å²) < 4.78 is 5.62. The smallest absolute Gasteiger partial charge is 0.275 e. The van der Waals surface area contributed by atoms with E-state index in [9.17, 15) is 10.1 Å². The van der Waals surface area contributed by atoms with Gasteiger partial charge in [-0.1, -0.05) is 25.7 Å². The number of nitro benzene ring substituents is 1. The van der Waals surface area contributed by atoms with Crippen molar-refractivity contribution in [2.75, 3.05) is 5.32 Å². The molecule has 1 aromatic carbocycles. The molecule has 1 aliphatic rings. The number of nitrogens with one attached hydrogen (secondary N) is 1. The van der Waals surface area contributed by atoms with Crippen molar-refractivity contribution in [3.05, 3.63) is 28.3 Å². The average Bonchev–Trinajstić information content (AvgIpc) is 2.66. The van der Waals surface area contributed by atoms with Crippen LogP contribution >= 0.6 is 0 Å². The second-order valence-corrected chi connectivity index (χ2v) is 5.97. The van der Waals surface area contributed by atoms with E-state index in [1.54, 1.807) is 6.07 Å². The molecule has 0 aromatic heterocycles. The number of non-ortho nitro benzene ring substituents is 1. The van der Waals surface area contributed by atoms with Gasteiger partial charge in [0.25, 0.3) is 5.69 Å². The molecule has 0 unspecified atom stereocenters. The predicted octanol–water partition coefficient (Wildman–Crippen LogP) is 4.52. The molecule has 21 heavy (non-hydrogen) atoms. The second-order valence-electron chi connectivity index (χ2n) is 5.97. The zero-order chi connectivity index (χ0) is 15.2. The Bertz CT molecular complexity index is 480. The molecule has 2 rings (SSSR count). The van der Waals surface area contributed by atoms with Crippen molar-refractivity contribution >= 4 is 11.4 Å². The first-order valence-corrected chi connectivity index (χ1v) is 7.77. The summed E-state index contributed by atoms with van der Waals surface area (Å²) in [7, 11) is 0. The number of hydrogen-bond acceptors (Lipinski definition) is 4. The summed E-state index contributed by atoms with van der Waals surface area (Å²) in [5.41, 5.74) is 0.857. The molecule has 1 aliphatic carbocycles. The Kier molecular flexibility index (Phi) is 5.42. The van der Waals surface area contributed by atoms with E-state index in [2.05, 4.69) is 5.32 Å². The van der Waals surface area contributed by atoms with Gasteiger partial charge in [0.2, 0.25) is 0 Å². The second kappa shape index (κ2) is 7.29. The summed E-state index contributed by atoms with van der Waals surface area (Å²) in [4.78, 5) is 10.7. The monoisotopic (exact) mass is 292 g/mol. The molecule has 0 amide bonds. The summed E-state index contributed by atoms with van der Waals surface area (Å²) in [6.07, 6.45) is 7.28. The van der Waals surface area contributed by atoms with E-state index in [4.69, 9.17) is 4.74 Å². The zero-order valence-corrected chi connectivity index (χ0v) is 12.8. The first kappa shape index (κ1) is 15.6. The summed E-state index contributed by atoms with van der Waals surface area (Å²) in [6, 6.07) is 5.34. The fraction of sp³-hybridized carbons (Fsp3) is 0.625. The number of ether oxygens (including phenoxy) is 1. The predicted molar refractivity (Wildman–Crippen MR) is 84.0 cm³/mol. The average molecular weight is 292 g/mol. The molecule has 1 N–H and O–H groups in total. The van der Waals surface area contributed by atoms with E-state index in [-0.39, 0.29) is 16.7 Å². The lowest BCUT2D eigenvalue weighted by Gasteiger charge is -2.18. The summed E-state index contributed by atoms with van der Waals surface area (Å²) >= 11 is 0. The first-order valence-electron chi connectivity index (χ1n) is 7.77. The van der Waals surface area contributed by atoms with Crippen LogP contribution in [0.3, 0.4) is 0 Å². The number of nitrogens with zero attached hydrogens (tertiary/aromatic N) is 1. The van der Waals surface area contributed by atoms with Crippen LogP contribution in [0.15, 0.2) is 18.2 Å². The van der Waals surface area contributed by atoms with Gasteiger partial charge in [-0.05, 0) is 26.7 Å². The molecule has 0 atom stereocenters. The van der Waals surface area contributed by atoms with Crippen molar-refractivity contribution in [3.63, 3.8) is 0 Å². The third kappa shape index (κ3) is 4.92. The van der Waals surface area contributed by atoms with Gasteiger partial charge in [0.05, 0.1) is 17.1 Å². The summed E-state index contributed by atoms with van der Waals surface area (Å²) in [6.45, 7) is 3.83. The van der Waals surface area contributed by atoms with E-state index < -0.39 is 0 Å². The van der Waals surface area contributed by atoms with Gasteiger partial charge < -0.3 is 10.1 Å². The molecule has 0 heterocycles. The van der Waals surface area contributed by atoms with Crippen molar-refractivity contribution in [3.8, 4) is 5.75 Å². The molecule has 5 heteroatoms. The maximum Gasteiger partial charge on any atom is 0.275 e. The minimum Gasteiger partial charge on any atom is -0.491 e. The summed E-state index contributed by atoms with van der Waals surface area (Å²) in [5.74, 6) is 0.551. The third-order valence-corrected chi connectivity index (χ3v) is 3.70. The molecule has 0 radical (unpaired) electrons. The number of hydrogen-bond donors (Lipinski definition) is 1. The van der Waals surface area contributed by atoms with Crippen LogP contribution < -0.4 is 10.1 Å². The Morgan fingerprint density at radius 1 is 1.19 bits per heavy atom. The molecule has 5 nitrogen and oxygen atoms in total. The van der Waals surface area contributed by atoms with Crippen molar-refractivity contribution in [1.29, 1.82) is 0 Å². The molecule has 0 spiro atoms. The van der Waals surface area contributed by atoms with Crippen LogP contribution in [0.25, 0.3) is 0 Å². The zero-order valence-electron chi connectivity index (χ0n) is 12.8. The highest BCUT2D eigenvalue weighted by atomic mass is 16.6. The standard InChI is InChI=1S/C16H24N2O3/c1-12(2)21-16-10-14(9-15(11-16)18(19)20)17-13-7-5-3-4-6-8-13/h9-13,17H,3-8H2,1-2H3. The van der Waals surface area contributed by atoms with Crippen molar-refractivity contribution < 1.29 is 9.66 Å². The van der Waals surface area contributed by atoms with Gasteiger partial charge in [0, 0.05) is 23.9 Å². The highest BCUT2D eigenvalue weighted by Gasteiger charge is 2.16. The summed E-state index contributed by atoms with van der Waals surface area (Å²) in [5, 5.41) is 14.5. The molecular formula is C16H24N2O3. The topological polar surface area (TPSA) is 64.4 Å². The Labute approximate surface area is 125 Å². The van der Waals surface area contributed by atoms with Gasteiger partial charge in [0.15, 0.2) is 0 Å². The van der Waals surface area contributed by atoms with Crippen LogP contribution in [0.5, 0.6) is 5.75 Å². The Balaban J connectivity index is 2.16. The van der Waals surface area contributed by atoms with Gasteiger partial charge in [0.1, 0.15) is 5.75 Å². The van der Waals surface area contributed by atoms with Crippen LogP contribution in [0.4, 0.5) is 11.4 Å². The Morgan fingerprint density at radius 2 is 1.86 bits per heavy atom. The molecule has 0 aliphatic heterocycles. The van der Waals surface area contributed by atoms with Crippen molar-refractivity contribution in [1.82, 2.24) is 0 Å². The van der Waals surface area contributed by atoms with Gasteiger partial charge in [-0.2, -0.15) is 0 Å². The quantitative estimate of drug-likeness (QED) is 0.492. The van der Waals surface area contributed by atoms with E-state index in [1.165, 1.54) is 31.7 Å². The fourth-order valence-corrected chi connectivity index (χ4v) is 2.77. The number of rotatable bonds is 5.